The molecule has 0 saturated carbocycles. The van der Waals surface area contributed by atoms with Gasteiger partial charge in [0.1, 0.15) is 5.82 Å². The second kappa shape index (κ2) is 7.96. The lowest BCUT2D eigenvalue weighted by Crippen LogP contribution is -2.29. The topological polar surface area (TPSA) is 18.5 Å². The van der Waals surface area contributed by atoms with Crippen molar-refractivity contribution >= 4 is 0 Å². The van der Waals surface area contributed by atoms with E-state index in [4.69, 9.17) is 9.47 Å². The van der Waals surface area contributed by atoms with E-state index in [1.165, 1.54) is 16.7 Å². The predicted octanol–water partition coefficient (Wildman–Crippen LogP) is 6.33. The summed E-state index contributed by atoms with van der Waals surface area (Å²) in [6.45, 7) is 7.18. The molecule has 1 saturated heterocycles. The molecular weight excluding hydrogens is 351 g/mol. The van der Waals surface area contributed by atoms with Crippen LogP contribution in [0.1, 0.15) is 80.5 Å². The zero-order chi connectivity index (χ0) is 19.7. The summed E-state index contributed by atoms with van der Waals surface area (Å²) in [5.74, 6) is 0.103. The summed E-state index contributed by atoms with van der Waals surface area (Å²) in [7, 11) is 0. The summed E-state index contributed by atoms with van der Waals surface area (Å²) in [4.78, 5) is 0. The van der Waals surface area contributed by atoms with E-state index in [2.05, 4.69) is 45.0 Å². The molecule has 0 unspecified atom stereocenters. The van der Waals surface area contributed by atoms with Crippen molar-refractivity contribution in [3.63, 3.8) is 0 Å². The van der Waals surface area contributed by atoms with Gasteiger partial charge in [-0.05, 0) is 78.3 Å². The molecule has 3 heteroatoms. The van der Waals surface area contributed by atoms with Gasteiger partial charge >= 0.3 is 0 Å². The summed E-state index contributed by atoms with van der Waals surface area (Å²) in [6.07, 6.45) is 4.78. The summed E-state index contributed by atoms with van der Waals surface area (Å²) < 4.78 is 26.3. The quantitative estimate of drug-likeness (QED) is 0.602. The van der Waals surface area contributed by atoms with Crippen molar-refractivity contribution in [2.24, 2.45) is 0 Å². The van der Waals surface area contributed by atoms with Crippen LogP contribution in [0.2, 0.25) is 0 Å². The predicted molar refractivity (Wildman–Crippen MR) is 110 cm³/mol. The first-order valence-corrected chi connectivity index (χ1v) is 10.7. The minimum Gasteiger partial charge on any atom is -0.347 e. The highest BCUT2D eigenvalue weighted by Gasteiger charge is 2.39. The fourth-order valence-corrected chi connectivity index (χ4v) is 5.05. The molecule has 2 aliphatic rings. The Labute approximate surface area is 168 Å². The summed E-state index contributed by atoms with van der Waals surface area (Å²) in [5, 5.41) is 0. The maximum Gasteiger partial charge on any atom is 0.168 e. The number of hydrogen-bond donors (Lipinski definition) is 0. The zero-order valence-corrected chi connectivity index (χ0v) is 17.2. The van der Waals surface area contributed by atoms with E-state index < -0.39 is 5.79 Å². The van der Waals surface area contributed by atoms with Crippen molar-refractivity contribution in [3.8, 4) is 0 Å². The Bertz CT molecular complexity index is 827. The molecule has 150 valence electrons. The third-order valence-electron chi connectivity index (χ3n) is 6.83. The van der Waals surface area contributed by atoms with E-state index in [-0.39, 0.29) is 17.8 Å². The fourth-order valence-electron chi connectivity index (χ4n) is 5.05. The minimum atomic E-state index is -0.395. The SMILES string of the molecule is CCC1(CC)OC[C@H](CC[C@@H]2c3ccccc3Cc3ccc(F)cc3[C@H]2C)O1. The first-order chi connectivity index (χ1) is 13.5. The maximum absolute atomic E-state index is 14.0. The molecule has 3 atom stereocenters. The molecule has 0 spiro atoms. The molecule has 4 rings (SSSR count). The summed E-state index contributed by atoms with van der Waals surface area (Å²) >= 11 is 0. The van der Waals surface area contributed by atoms with Crippen molar-refractivity contribution in [2.45, 2.75) is 76.6 Å². The molecule has 2 aromatic carbocycles. The van der Waals surface area contributed by atoms with Crippen LogP contribution in [0.4, 0.5) is 4.39 Å². The van der Waals surface area contributed by atoms with E-state index in [0.29, 0.717) is 12.5 Å². The monoisotopic (exact) mass is 382 g/mol. The van der Waals surface area contributed by atoms with Gasteiger partial charge in [-0.15, -0.1) is 0 Å². The number of fused-ring (bicyclic) bond motifs is 2. The zero-order valence-electron chi connectivity index (χ0n) is 17.2. The van der Waals surface area contributed by atoms with Gasteiger partial charge in [0.15, 0.2) is 5.79 Å². The second-order valence-electron chi connectivity index (χ2n) is 8.36. The van der Waals surface area contributed by atoms with Crippen LogP contribution in [-0.4, -0.2) is 18.5 Å². The second-order valence-corrected chi connectivity index (χ2v) is 8.36. The van der Waals surface area contributed by atoms with Gasteiger partial charge in [-0.25, -0.2) is 4.39 Å². The lowest BCUT2D eigenvalue weighted by molar-refractivity contribution is -0.172. The smallest absolute Gasteiger partial charge is 0.168 e. The Hall–Kier alpha value is -1.71. The first kappa shape index (κ1) is 19.6. The van der Waals surface area contributed by atoms with E-state index in [1.807, 2.05) is 6.07 Å². The molecule has 0 radical (unpaired) electrons. The number of hydrogen-bond acceptors (Lipinski definition) is 2. The van der Waals surface area contributed by atoms with Crippen LogP contribution in [-0.2, 0) is 15.9 Å². The van der Waals surface area contributed by atoms with E-state index in [0.717, 1.165) is 37.7 Å². The van der Waals surface area contributed by atoms with Gasteiger partial charge < -0.3 is 9.47 Å². The van der Waals surface area contributed by atoms with E-state index in [9.17, 15) is 4.39 Å². The van der Waals surface area contributed by atoms with Crippen LogP contribution < -0.4 is 0 Å². The molecule has 1 fully saturated rings. The van der Waals surface area contributed by atoms with Crippen molar-refractivity contribution in [1.29, 1.82) is 0 Å². The van der Waals surface area contributed by atoms with E-state index >= 15 is 0 Å². The molecule has 0 N–H and O–H groups in total. The Kier molecular flexibility index (Phi) is 5.57. The van der Waals surface area contributed by atoms with Crippen LogP contribution in [0.15, 0.2) is 42.5 Å². The van der Waals surface area contributed by atoms with Crippen molar-refractivity contribution < 1.29 is 13.9 Å². The number of rotatable bonds is 5. The van der Waals surface area contributed by atoms with Gasteiger partial charge in [0, 0.05) is 0 Å². The highest BCUT2D eigenvalue weighted by Crippen LogP contribution is 2.44. The van der Waals surface area contributed by atoms with Gasteiger partial charge in [-0.2, -0.15) is 0 Å². The molecule has 0 amide bonds. The summed E-state index contributed by atoms with van der Waals surface area (Å²) in [5.41, 5.74) is 5.18. The molecule has 0 bridgehead atoms. The van der Waals surface area contributed by atoms with Crippen molar-refractivity contribution in [3.05, 3.63) is 70.5 Å². The third kappa shape index (κ3) is 3.62. The first-order valence-electron chi connectivity index (χ1n) is 10.7. The van der Waals surface area contributed by atoms with Gasteiger partial charge in [0.05, 0.1) is 12.7 Å². The van der Waals surface area contributed by atoms with Crippen LogP contribution in [0.25, 0.3) is 0 Å². The Balaban J connectivity index is 1.58. The van der Waals surface area contributed by atoms with Crippen molar-refractivity contribution in [2.75, 3.05) is 6.61 Å². The average molecular weight is 383 g/mol. The lowest BCUT2D eigenvalue weighted by atomic mass is 9.79. The molecule has 2 nitrogen and oxygen atoms in total. The van der Waals surface area contributed by atoms with Gasteiger partial charge in [0.25, 0.3) is 0 Å². The Morgan fingerprint density at radius 1 is 1.00 bits per heavy atom. The minimum absolute atomic E-state index is 0.140. The Morgan fingerprint density at radius 2 is 1.75 bits per heavy atom. The third-order valence-corrected chi connectivity index (χ3v) is 6.83. The van der Waals surface area contributed by atoms with Gasteiger partial charge in [0.2, 0.25) is 0 Å². The normalized spacial score (nSPS) is 25.8. The molecule has 28 heavy (non-hydrogen) atoms. The molecule has 2 aromatic rings. The van der Waals surface area contributed by atoms with Crippen LogP contribution in [0.3, 0.4) is 0 Å². The number of benzene rings is 2. The van der Waals surface area contributed by atoms with Crippen molar-refractivity contribution in [1.82, 2.24) is 0 Å². The highest BCUT2D eigenvalue weighted by molar-refractivity contribution is 5.45. The van der Waals surface area contributed by atoms with Gasteiger partial charge in [-0.3, -0.25) is 0 Å². The fraction of sp³-hybridized carbons (Fsp3) is 0.520. The molecule has 0 aromatic heterocycles. The molecule has 1 aliphatic carbocycles. The van der Waals surface area contributed by atoms with Crippen LogP contribution >= 0.6 is 0 Å². The standard InChI is InChI=1S/C25H31FO2/c1-4-25(5-2)27-16-21(28-25)12-13-22-17(3)24-15-20(26)11-10-19(24)14-18-8-6-7-9-23(18)22/h6-11,15,17,21-22H,4-5,12-14,16H2,1-3H3/t17-,21-,22-/m0/s1. The summed E-state index contributed by atoms with van der Waals surface area (Å²) in [6, 6.07) is 14.0. The largest absolute Gasteiger partial charge is 0.347 e. The molecule has 1 aliphatic heterocycles. The van der Waals surface area contributed by atoms with Gasteiger partial charge in [-0.1, -0.05) is 51.1 Å². The van der Waals surface area contributed by atoms with Crippen LogP contribution in [0.5, 0.6) is 0 Å². The molecule has 1 heterocycles. The number of halogens is 1. The van der Waals surface area contributed by atoms with E-state index in [1.54, 1.807) is 12.1 Å². The maximum atomic E-state index is 14.0. The molecular formula is C25H31FO2. The highest BCUT2D eigenvalue weighted by atomic mass is 19.1. The lowest BCUT2D eigenvalue weighted by Gasteiger charge is -2.27. The number of ether oxygens (including phenoxy) is 2. The van der Waals surface area contributed by atoms with Crippen LogP contribution in [0, 0.1) is 5.82 Å². The average Bonchev–Trinajstić information content (AvgIpc) is 3.09. The Morgan fingerprint density at radius 3 is 2.50 bits per heavy atom.